The Morgan fingerprint density at radius 3 is 2.71 bits per heavy atom. The van der Waals surface area contributed by atoms with Crippen LogP contribution in [0.5, 0.6) is 11.5 Å². The lowest BCUT2D eigenvalue weighted by molar-refractivity contribution is 0.373. The number of methoxy groups -OCH3 is 1. The van der Waals surface area contributed by atoms with E-state index in [2.05, 4.69) is 38.7 Å². The van der Waals surface area contributed by atoms with E-state index >= 15 is 0 Å². The number of hydrogen-bond acceptors (Lipinski definition) is 7. The van der Waals surface area contributed by atoms with E-state index in [9.17, 15) is 5.11 Å². The van der Waals surface area contributed by atoms with Crippen molar-refractivity contribution in [1.82, 2.24) is 9.97 Å². The molecular formula is C21H18N4O2S. The summed E-state index contributed by atoms with van der Waals surface area (Å²) in [6.07, 6.45) is 1.53. The molecule has 0 radical (unpaired) electrons. The molecule has 0 saturated heterocycles. The van der Waals surface area contributed by atoms with E-state index in [1.165, 1.54) is 13.3 Å². The summed E-state index contributed by atoms with van der Waals surface area (Å²) in [6, 6.07) is 17.5. The molecule has 4 aromatic rings. The summed E-state index contributed by atoms with van der Waals surface area (Å²) < 4.78 is 5.12. The molecule has 0 spiro atoms. The Labute approximate surface area is 166 Å². The Balaban J connectivity index is 1.66. The van der Waals surface area contributed by atoms with E-state index in [1.54, 1.807) is 29.5 Å². The van der Waals surface area contributed by atoms with Gasteiger partial charge in [-0.1, -0.05) is 36.4 Å². The van der Waals surface area contributed by atoms with Gasteiger partial charge in [0.05, 0.1) is 18.7 Å². The standard InChI is InChI=1S/C21H18N4O2S/c1-13-23-20(25-22-12-15-9-6-10-17(27-2)19(15)26)16-11-18(28-21(16)24-13)14-7-4-3-5-8-14/h3-12,26H,1-2H3,(H,23,24,25)/b22-12+. The maximum Gasteiger partial charge on any atom is 0.166 e. The van der Waals surface area contributed by atoms with Crippen molar-refractivity contribution in [3.05, 3.63) is 66.0 Å². The van der Waals surface area contributed by atoms with Gasteiger partial charge in [-0.05, 0) is 30.7 Å². The van der Waals surface area contributed by atoms with Crippen LogP contribution in [-0.4, -0.2) is 28.4 Å². The first-order chi connectivity index (χ1) is 13.7. The lowest BCUT2D eigenvalue weighted by Gasteiger charge is -2.05. The van der Waals surface area contributed by atoms with Gasteiger partial charge < -0.3 is 9.84 Å². The molecular weight excluding hydrogens is 372 g/mol. The van der Waals surface area contributed by atoms with Gasteiger partial charge >= 0.3 is 0 Å². The van der Waals surface area contributed by atoms with E-state index in [0.717, 1.165) is 20.7 Å². The first-order valence-corrected chi connectivity index (χ1v) is 9.46. The van der Waals surface area contributed by atoms with Crippen molar-refractivity contribution in [2.24, 2.45) is 5.10 Å². The van der Waals surface area contributed by atoms with Crippen LogP contribution in [-0.2, 0) is 0 Å². The van der Waals surface area contributed by atoms with Crippen LogP contribution in [0.25, 0.3) is 20.7 Å². The van der Waals surface area contributed by atoms with Gasteiger partial charge in [0.1, 0.15) is 10.7 Å². The first kappa shape index (κ1) is 17.9. The first-order valence-electron chi connectivity index (χ1n) is 8.64. The molecule has 6 nitrogen and oxygen atoms in total. The fraction of sp³-hybridized carbons (Fsp3) is 0.0952. The molecule has 0 amide bonds. The molecule has 0 fully saturated rings. The minimum absolute atomic E-state index is 0.0430. The van der Waals surface area contributed by atoms with E-state index in [1.807, 2.05) is 25.1 Å². The minimum atomic E-state index is 0.0430. The van der Waals surface area contributed by atoms with Crippen LogP contribution < -0.4 is 10.2 Å². The highest BCUT2D eigenvalue weighted by atomic mass is 32.1. The van der Waals surface area contributed by atoms with Crippen molar-refractivity contribution in [2.45, 2.75) is 6.92 Å². The van der Waals surface area contributed by atoms with Crippen molar-refractivity contribution in [3.8, 4) is 21.9 Å². The van der Waals surface area contributed by atoms with Crippen LogP contribution in [0.4, 0.5) is 5.82 Å². The number of hydrogen-bond donors (Lipinski definition) is 2. The topological polar surface area (TPSA) is 79.6 Å². The molecule has 0 aliphatic rings. The number of aromatic hydroxyl groups is 1. The van der Waals surface area contributed by atoms with Crippen LogP contribution in [0.15, 0.2) is 59.7 Å². The van der Waals surface area contributed by atoms with Gasteiger partial charge in [0, 0.05) is 10.4 Å². The summed E-state index contributed by atoms with van der Waals surface area (Å²) in [4.78, 5) is 11.0. The second-order valence-corrected chi connectivity index (χ2v) is 7.11. The summed E-state index contributed by atoms with van der Waals surface area (Å²) in [5.74, 6) is 1.73. The summed E-state index contributed by atoms with van der Waals surface area (Å²) in [5.41, 5.74) is 4.66. The number of nitrogens with one attached hydrogen (secondary N) is 1. The fourth-order valence-electron chi connectivity index (χ4n) is 2.83. The lowest BCUT2D eigenvalue weighted by atomic mass is 10.2. The van der Waals surface area contributed by atoms with E-state index in [0.29, 0.717) is 23.0 Å². The van der Waals surface area contributed by atoms with Crippen molar-refractivity contribution in [2.75, 3.05) is 12.5 Å². The molecule has 2 N–H and O–H groups in total. The Hall–Kier alpha value is -3.45. The van der Waals surface area contributed by atoms with Crippen LogP contribution in [0.3, 0.4) is 0 Å². The molecule has 4 rings (SSSR count). The highest BCUT2D eigenvalue weighted by molar-refractivity contribution is 7.21. The number of aromatic nitrogens is 2. The van der Waals surface area contributed by atoms with Gasteiger partial charge in [-0.15, -0.1) is 11.3 Å². The number of ether oxygens (including phenoxy) is 1. The number of phenolic OH excluding ortho intramolecular Hbond substituents is 1. The van der Waals surface area contributed by atoms with Gasteiger partial charge in [-0.25, -0.2) is 9.97 Å². The molecule has 2 aromatic carbocycles. The van der Waals surface area contributed by atoms with E-state index in [-0.39, 0.29) is 5.75 Å². The molecule has 140 valence electrons. The Morgan fingerprint density at radius 2 is 1.93 bits per heavy atom. The number of fused-ring (bicyclic) bond motifs is 1. The lowest BCUT2D eigenvalue weighted by Crippen LogP contribution is -1.97. The van der Waals surface area contributed by atoms with Crippen LogP contribution >= 0.6 is 11.3 Å². The number of rotatable bonds is 5. The number of nitrogens with zero attached hydrogens (tertiary/aromatic N) is 3. The number of thiophene rings is 1. The number of anilines is 1. The zero-order valence-corrected chi connectivity index (χ0v) is 16.2. The molecule has 0 aliphatic carbocycles. The highest BCUT2D eigenvalue weighted by Crippen LogP contribution is 2.35. The molecule has 2 aromatic heterocycles. The number of phenols is 1. The van der Waals surface area contributed by atoms with E-state index in [4.69, 9.17) is 4.74 Å². The third-order valence-electron chi connectivity index (χ3n) is 4.19. The third kappa shape index (κ3) is 3.52. The summed E-state index contributed by atoms with van der Waals surface area (Å²) in [7, 11) is 1.51. The average Bonchev–Trinajstić information content (AvgIpc) is 3.14. The molecule has 0 unspecified atom stereocenters. The predicted octanol–water partition coefficient (Wildman–Crippen LogP) is 4.83. The fourth-order valence-corrected chi connectivity index (χ4v) is 3.91. The molecule has 7 heteroatoms. The molecule has 2 heterocycles. The monoisotopic (exact) mass is 390 g/mol. The zero-order valence-electron chi connectivity index (χ0n) is 15.4. The largest absolute Gasteiger partial charge is 0.504 e. The van der Waals surface area contributed by atoms with Gasteiger partial charge in [0.25, 0.3) is 0 Å². The SMILES string of the molecule is COc1cccc(/C=N/Nc2nc(C)nc3sc(-c4ccccc4)cc23)c1O. The normalized spacial score (nSPS) is 11.2. The van der Waals surface area contributed by atoms with Gasteiger partial charge in [-0.3, -0.25) is 5.43 Å². The van der Waals surface area contributed by atoms with E-state index < -0.39 is 0 Å². The van der Waals surface area contributed by atoms with Crippen molar-refractivity contribution in [1.29, 1.82) is 0 Å². The second kappa shape index (κ2) is 7.66. The Bertz CT molecular complexity index is 1160. The summed E-state index contributed by atoms with van der Waals surface area (Å²) >= 11 is 1.62. The number of aryl methyl sites for hydroxylation is 1. The Morgan fingerprint density at radius 1 is 1.11 bits per heavy atom. The Kier molecular flexibility index (Phi) is 4.90. The van der Waals surface area contributed by atoms with Gasteiger partial charge in [0.15, 0.2) is 17.3 Å². The van der Waals surface area contributed by atoms with Gasteiger partial charge in [-0.2, -0.15) is 5.10 Å². The predicted molar refractivity (Wildman–Crippen MR) is 113 cm³/mol. The smallest absolute Gasteiger partial charge is 0.166 e. The summed E-state index contributed by atoms with van der Waals surface area (Å²) in [6.45, 7) is 1.85. The zero-order chi connectivity index (χ0) is 19.5. The molecule has 28 heavy (non-hydrogen) atoms. The molecule has 0 aliphatic heterocycles. The third-order valence-corrected chi connectivity index (χ3v) is 5.27. The van der Waals surface area contributed by atoms with Crippen molar-refractivity contribution < 1.29 is 9.84 Å². The maximum atomic E-state index is 10.2. The molecule has 0 saturated carbocycles. The second-order valence-electron chi connectivity index (χ2n) is 6.08. The highest BCUT2D eigenvalue weighted by Gasteiger charge is 2.11. The van der Waals surface area contributed by atoms with Crippen molar-refractivity contribution >= 4 is 33.6 Å². The maximum absolute atomic E-state index is 10.2. The molecule has 0 atom stereocenters. The minimum Gasteiger partial charge on any atom is -0.504 e. The quantitative estimate of drug-likeness (QED) is 0.377. The molecule has 0 bridgehead atoms. The number of hydrazone groups is 1. The average molecular weight is 390 g/mol. The number of benzene rings is 2. The number of para-hydroxylation sites is 1. The summed E-state index contributed by atoms with van der Waals surface area (Å²) in [5, 5.41) is 15.3. The van der Waals surface area contributed by atoms with Crippen LogP contribution in [0, 0.1) is 6.92 Å². The van der Waals surface area contributed by atoms with Gasteiger partial charge in [0.2, 0.25) is 0 Å². The van der Waals surface area contributed by atoms with Crippen LogP contribution in [0.1, 0.15) is 11.4 Å². The van der Waals surface area contributed by atoms with Crippen molar-refractivity contribution in [3.63, 3.8) is 0 Å². The van der Waals surface area contributed by atoms with Crippen LogP contribution in [0.2, 0.25) is 0 Å².